The number of benzene rings is 1. The summed E-state index contributed by atoms with van der Waals surface area (Å²) in [6.45, 7) is 6.12. The van der Waals surface area contributed by atoms with E-state index in [1.54, 1.807) is 6.92 Å². The second-order valence-corrected chi connectivity index (χ2v) is 12.4. The maximum Gasteiger partial charge on any atom is 0.256 e. The second kappa shape index (κ2) is 10.4. The van der Waals surface area contributed by atoms with Gasteiger partial charge in [0.05, 0.1) is 17.5 Å². The van der Waals surface area contributed by atoms with E-state index in [9.17, 15) is 18.0 Å². The number of thiazole rings is 1. The molecule has 4 heterocycles. The van der Waals surface area contributed by atoms with Crippen LogP contribution in [0.25, 0.3) is 22.4 Å². The van der Waals surface area contributed by atoms with Gasteiger partial charge >= 0.3 is 0 Å². The number of likely N-dealkylation sites (tertiary alicyclic amines) is 1. The van der Waals surface area contributed by atoms with Crippen LogP contribution in [0, 0.1) is 13.8 Å². The zero-order chi connectivity index (χ0) is 27.9. The van der Waals surface area contributed by atoms with Gasteiger partial charge < -0.3 is 10.2 Å². The molecule has 0 saturated carbocycles. The predicted molar refractivity (Wildman–Crippen MR) is 152 cm³/mol. The fraction of sp³-hybridized carbons (Fsp3) is 0.286. The molecular weight excluding hydrogens is 534 g/mol. The number of nitrogens with one attached hydrogen (secondary N) is 1. The molecule has 5 rings (SSSR count). The summed E-state index contributed by atoms with van der Waals surface area (Å²) in [5.41, 5.74) is 6.53. The summed E-state index contributed by atoms with van der Waals surface area (Å²) >= 11 is 1.32. The lowest BCUT2D eigenvalue weighted by Gasteiger charge is -2.39. The monoisotopic (exact) mass is 563 g/mol. The molecule has 1 fully saturated rings. The topological polar surface area (TPSA) is 114 Å². The average molecular weight is 564 g/mol. The Bertz CT molecular complexity index is 1690. The Morgan fingerprint density at radius 3 is 2.51 bits per heavy atom. The molecular formula is C28H29N5O4S2. The van der Waals surface area contributed by atoms with Crippen LogP contribution in [-0.4, -0.2) is 57.9 Å². The van der Waals surface area contributed by atoms with E-state index in [0.29, 0.717) is 23.8 Å². The maximum atomic E-state index is 13.0. The molecule has 1 aliphatic rings. The van der Waals surface area contributed by atoms with Gasteiger partial charge in [-0.1, -0.05) is 25.1 Å². The van der Waals surface area contributed by atoms with E-state index < -0.39 is 16.1 Å². The van der Waals surface area contributed by atoms with Crippen LogP contribution in [0.3, 0.4) is 0 Å². The third kappa shape index (κ3) is 5.50. The van der Waals surface area contributed by atoms with Crippen LogP contribution in [0.5, 0.6) is 0 Å². The summed E-state index contributed by atoms with van der Waals surface area (Å²) in [4.78, 5) is 36.6. The van der Waals surface area contributed by atoms with Crippen molar-refractivity contribution in [3.05, 3.63) is 76.7 Å². The fourth-order valence-corrected chi connectivity index (χ4v) is 6.30. The number of carbonyl (C=O) groups excluding carboxylic acids is 2. The van der Waals surface area contributed by atoms with Gasteiger partial charge in [-0.3, -0.25) is 14.6 Å². The number of aromatic nitrogens is 3. The van der Waals surface area contributed by atoms with E-state index in [0.717, 1.165) is 50.4 Å². The first-order valence-electron chi connectivity index (χ1n) is 12.6. The van der Waals surface area contributed by atoms with Crippen LogP contribution in [-0.2, 0) is 21.2 Å². The molecule has 3 aromatic heterocycles. The van der Waals surface area contributed by atoms with Crippen molar-refractivity contribution < 1.29 is 18.0 Å². The number of rotatable bonds is 7. The van der Waals surface area contributed by atoms with Crippen molar-refractivity contribution in [2.45, 2.75) is 39.7 Å². The average Bonchev–Trinajstić information content (AvgIpc) is 3.49. The summed E-state index contributed by atoms with van der Waals surface area (Å²) in [5, 5.41) is 5.19. The second-order valence-electron chi connectivity index (χ2n) is 9.68. The van der Waals surface area contributed by atoms with Gasteiger partial charge in [0.15, 0.2) is 5.13 Å². The normalized spacial score (nSPS) is 15.2. The lowest BCUT2D eigenvalue weighted by atomic mass is 10.0. The Balaban J connectivity index is 1.29. The van der Waals surface area contributed by atoms with Gasteiger partial charge in [-0.15, -0.1) is 11.3 Å². The quantitative estimate of drug-likeness (QED) is 0.354. The minimum Gasteiger partial charge on any atom is -0.326 e. The number of anilines is 1. The predicted octanol–water partition coefficient (Wildman–Crippen LogP) is 4.51. The van der Waals surface area contributed by atoms with Gasteiger partial charge in [0, 0.05) is 40.8 Å². The molecule has 0 bridgehead atoms. The van der Waals surface area contributed by atoms with Crippen molar-refractivity contribution in [2.24, 2.45) is 0 Å². The smallest absolute Gasteiger partial charge is 0.256 e. The minimum atomic E-state index is -3.52. The molecule has 202 valence electrons. The number of hydrogen-bond acceptors (Lipinski definition) is 7. The van der Waals surface area contributed by atoms with Crippen LogP contribution in [0.15, 0.2) is 54.0 Å². The molecule has 1 N–H and O–H groups in total. The van der Waals surface area contributed by atoms with Gasteiger partial charge in [-0.25, -0.2) is 17.4 Å². The number of aryl methyl sites for hydroxylation is 3. The molecule has 1 saturated heterocycles. The molecule has 39 heavy (non-hydrogen) atoms. The summed E-state index contributed by atoms with van der Waals surface area (Å²) in [5.74, 6) is -0.691. The number of carbonyl (C=O) groups is 2. The van der Waals surface area contributed by atoms with E-state index in [1.807, 2.05) is 24.4 Å². The highest BCUT2D eigenvalue weighted by atomic mass is 32.2. The number of hydrogen-bond donors (Lipinski definition) is 1. The molecule has 1 aliphatic heterocycles. The van der Waals surface area contributed by atoms with Crippen molar-refractivity contribution in [2.75, 3.05) is 18.1 Å². The third-order valence-corrected chi connectivity index (χ3v) is 8.62. The summed E-state index contributed by atoms with van der Waals surface area (Å²) in [7, 11) is -3.52. The molecule has 11 heteroatoms. The number of nitrogens with zero attached hydrogens (tertiary/aromatic N) is 4. The lowest BCUT2D eigenvalue weighted by molar-refractivity contribution is -0.123. The Morgan fingerprint density at radius 1 is 1.08 bits per heavy atom. The van der Waals surface area contributed by atoms with Crippen LogP contribution in [0.4, 0.5) is 5.13 Å². The Hall–Kier alpha value is -3.83. The molecule has 0 aliphatic carbocycles. The molecule has 1 aromatic carbocycles. The van der Waals surface area contributed by atoms with Crippen molar-refractivity contribution in [3.63, 3.8) is 0 Å². The van der Waals surface area contributed by atoms with Crippen LogP contribution in [0.1, 0.15) is 40.8 Å². The van der Waals surface area contributed by atoms with Gasteiger partial charge in [-0.2, -0.15) is 0 Å². The number of pyridine rings is 1. The molecule has 0 spiro atoms. The highest BCUT2D eigenvalue weighted by molar-refractivity contribution is 7.89. The first-order valence-corrected chi connectivity index (χ1v) is 15.3. The molecule has 0 radical (unpaired) electrons. The number of amides is 2. The van der Waals surface area contributed by atoms with E-state index >= 15 is 0 Å². The Morgan fingerprint density at radius 2 is 1.85 bits per heavy atom. The van der Waals surface area contributed by atoms with Gasteiger partial charge in [0.2, 0.25) is 15.9 Å². The van der Waals surface area contributed by atoms with Gasteiger partial charge in [0.25, 0.3) is 5.91 Å². The highest BCUT2D eigenvalue weighted by Crippen LogP contribution is 2.30. The lowest BCUT2D eigenvalue weighted by Crippen LogP contribution is -2.56. The maximum absolute atomic E-state index is 13.0. The summed E-state index contributed by atoms with van der Waals surface area (Å²) < 4.78 is 24.9. The van der Waals surface area contributed by atoms with E-state index in [2.05, 4.69) is 46.5 Å². The van der Waals surface area contributed by atoms with Crippen LogP contribution >= 0.6 is 11.3 Å². The van der Waals surface area contributed by atoms with Crippen molar-refractivity contribution in [3.8, 4) is 22.4 Å². The SMILES string of the molecule is CCc1cc(-c2cccc(-c3csc(NC(=O)[C@@H]4CCN4C(=O)c4cc(C)n(S(C)(=O)=O)c4)n3)c2)cc(C)n1. The largest absolute Gasteiger partial charge is 0.326 e. The van der Waals surface area contributed by atoms with E-state index in [-0.39, 0.29) is 17.4 Å². The first-order chi connectivity index (χ1) is 18.5. The van der Waals surface area contributed by atoms with Crippen molar-refractivity contribution in [1.29, 1.82) is 0 Å². The molecule has 4 aromatic rings. The third-order valence-electron chi connectivity index (χ3n) is 6.75. The summed E-state index contributed by atoms with van der Waals surface area (Å²) in [6.07, 6.45) is 3.77. The molecule has 2 amide bonds. The Kier molecular flexibility index (Phi) is 7.13. The zero-order valence-corrected chi connectivity index (χ0v) is 23.8. The standard InChI is InChI=1S/C28H29N5O4S2/c1-5-23-14-21(11-17(2)29-23)19-7-6-8-20(13-19)24-16-38-28(30-24)31-26(34)25-9-10-32(25)27(35)22-12-18(3)33(15-22)39(4,36)37/h6-8,11-16,25H,5,9-10H2,1-4H3,(H,30,31,34)/t25-/m0/s1. The van der Waals surface area contributed by atoms with Gasteiger partial charge in [-0.05, 0) is 62.1 Å². The molecule has 9 nitrogen and oxygen atoms in total. The summed E-state index contributed by atoms with van der Waals surface area (Å²) in [6, 6.07) is 13.1. The Labute approximate surface area is 231 Å². The van der Waals surface area contributed by atoms with Crippen LogP contribution < -0.4 is 5.32 Å². The van der Waals surface area contributed by atoms with Gasteiger partial charge in [0.1, 0.15) is 6.04 Å². The fourth-order valence-electron chi connectivity index (χ4n) is 4.69. The highest BCUT2D eigenvalue weighted by Gasteiger charge is 2.38. The van der Waals surface area contributed by atoms with Crippen molar-refractivity contribution in [1.82, 2.24) is 18.8 Å². The van der Waals surface area contributed by atoms with Crippen molar-refractivity contribution >= 4 is 38.3 Å². The van der Waals surface area contributed by atoms with E-state index in [1.165, 1.54) is 28.5 Å². The first kappa shape index (κ1) is 26.8. The minimum absolute atomic E-state index is 0.238. The van der Waals surface area contributed by atoms with Crippen LogP contribution in [0.2, 0.25) is 0 Å². The molecule has 1 atom stereocenters. The zero-order valence-electron chi connectivity index (χ0n) is 22.1. The van der Waals surface area contributed by atoms with E-state index in [4.69, 9.17) is 0 Å². The molecule has 0 unspecified atom stereocenters.